The largest absolute Gasteiger partial charge is 0.296 e. The lowest BCUT2D eigenvalue weighted by Crippen LogP contribution is -2.13. The van der Waals surface area contributed by atoms with Gasteiger partial charge in [-0.1, -0.05) is 29.5 Å². The molecule has 5 nitrogen and oxygen atoms in total. The van der Waals surface area contributed by atoms with Crippen LogP contribution in [-0.4, -0.2) is 20.9 Å². The van der Waals surface area contributed by atoms with Crippen LogP contribution < -0.4 is 5.32 Å². The molecule has 0 unspecified atom stereocenters. The van der Waals surface area contributed by atoms with Crippen molar-refractivity contribution in [3.05, 3.63) is 58.8 Å². The van der Waals surface area contributed by atoms with Crippen molar-refractivity contribution in [2.75, 3.05) is 5.32 Å². The minimum absolute atomic E-state index is 0.266. The molecule has 7 heteroatoms. The zero-order valence-corrected chi connectivity index (χ0v) is 14.1. The topological polar surface area (TPSA) is 67.8 Å². The Morgan fingerprint density at radius 3 is 2.70 bits per heavy atom. The zero-order chi connectivity index (χ0) is 15.8. The van der Waals surface area contributed by atoms with Crippen LogP contribution >= 0.6 is 27.3 Å². The first-order valence-electron chi connectivity index (χ1n) is 6.79. The van der Waals surface area contributed by atoms with Gasteiger partial charge in [-0.25, -0.2) is 9.97 Å². The number of benzene rings is 2. The van der Waals surface area contributed by atoms with E-state index in [1.165, 1.54) is 17.5 Å². The van der Waals surface area contributed by atoms with Crippen molar-refractivity contribution < 1.29 is 4.79 Å². The van der Waals surface area contributed by atoms with Crippen molar-refractivity contribution in [1.82, 2.24) is 15.0 Å². The van der Waals surface area contributed by atoms with E-state index in [0.717, 1.165) is 20.2 Å². The fourth-order valence-corrected chi connectivity index (χ4v) is 3.67. The van der Waals surface area contributed by atoms with Gasteiger partial charge in [-0.15, -0.1) is 0 Å². The predicted molar refractivity (Wildman–Crippen MR) is 94.8 cm³/mol. The smallest absolute Gasteiger partial charge is 0.277 e. The summed E-state index contributed by atoms with van der Waals surface area (Å²) in [7, 11) is 0. The lowest BCUT2D eigenvalue weighted by molar-refractivity contribution is 0.102. The third-order valence-electron chi connectivity index (χ3n) is 3.27. The highest BCUT2D eigenvalue weighted by molar-refractivity contribution is 9.10. The van der Waals surface area contributed by atoms with E-state index >= 15 is 0 Å². The van der Waals surface area contributed by atoms with E-state index in [4.69, 9.17) is 0 Å². The summed E-state index contributed by atoms with van der Waals surface area (Å²) in [6.45, 7) is 0. The Hall–Kier alpha value is -2.38. The molecule has 0 bridgehead atoms. The number of fused-ring (bicyclic) bond motifs is 2. The standard InChI is InChI=1S/C16H9BrN4OS/c17-9-4-3-7-13-14(9)20-16(23-13)21-15(22)12-8-18-10-5-1-2-6-11(10)19-12/h1-8H,(H,20,21,22). The molecule has 2 aromatic heterocycles. The molecule has 0 radical (unpaired) electrons. The van der Waals surface area contributed by atoms with Crippen molar-refractivity contribution in [2.24, 2.45) is 0 Å². The molecule has 0 aliphatic rings. The molecule has 0 fully saturated rings. The van der Waals surface area contributed by atoms with Crippen molar-refractivity contribution >= 4 is 59.6 Å². The molecule has 0 saturated heterocycles. The number of aromatic nitrogens is 3. The number of halogens is 1. The van der Waals surface area contributed by atoms with Crippen LogP contribution in [0.3, 0.4) is 0 Å². The second-order valence-electron chi connectivity index (χ2n) is 4.80. The molecule has 2 aromatic carbocycles. The van der Waals surface area contributed by atoms with E-state index in [1.54, 1.807) is 0 Å². The number of rotatable bonds is 2. The summed E-state index contributed by atoms with van der Waals surface area (Å²) in [6.07, 6.45) is 1.47. The molecular formula is C16H9BrN4OS. The summed E-state index contributed by atoms with van der Waals surface area (Å²) in [4.78, 5) is 25.4. The van der Waals surface area contributed by atoms with Crippen LogP contribution in [0.2, 0.25) is 0 Å². The first-order chi connectivity index (χ1) is 11.2. The van der Waals surface area contributed by atoms with Crippen molar-refractivity contribution in [1.29, 1.82) is 0 Å². The molecule has 4 aromatic rings. The van der Waals surface area contributed by atoms with Gasteiger partial charge in [0.1, 0.15) is 5.69 Å². The van der Waals surface area contributed by atoms with Crippen LogP contribution in [0.4, 0.5) is 5.13 Å². The number of nitrogens with one attached hydrogen (secondary N) is 1. The van der Waals surface area contributed by atoms with Crippen LogP contribution in [0.1, 0.15) is 10.5 Å². The van der Waals surface area contributed by atoms with Crippen LogP contribution in [0, 0.1) is 0 Å². The second-order valence-corrected chi connectivity index (χ2v) is 6.69. The first kappa shape index (κ1) is 14.2. The highest BCUT2D eigenvalue weighted by Gasteiger charge is 2.13. The highest BCUT2D eigenvalue weighted by atomic mass is 79.9. The third kappa shape index (κ3) is 2.69. The number of nitrogens with zero attached hydrogens (tertiary/aromatic N) is 3. The average molecular weight is 385 g/mol. The van der Waals surface area contributed by atoms with E-state index in [9.17, 15) is 4.79 Å². The molecule has 23 heavy (non-hydrogen) atoms. The number of para-hydroxylation sites is 3. The molecule has 112 valence electrons. The zero-order valence-electron chi connectivity index (χ0n) is 11.7. The molecule has 1 amide bonds. The Morgan fingerprint density at radius 1 is 1.04 bits per heavy atom. The summed E-state index contributed by atoms with van der Waals surface area (Å²) in [5, 5.41) is 3.32. The van der Waals surface area contributed by atoms with E-state index < -0.39 is 0 Å². The van der Waals surface area contributed by atoms with Crippen molar-refractivity contribution in [2.45, 2.75) is 0 Å². The summed E-state index contributed by atoms with van der Waals surface area (Å²) in [5.41, 5.74) is 2.54. The number of carbonyl (C=O) groups is 1. The predicted octanol–water partition coefficient (Wildman–Crippen LogP) is 4.25. The van der Waals surface area contributed by atoms with E-state index in [1.807, 2.05) is 42.5 Å². The summed E-state index contributed by atoms with van der Waals surface area (Å²) in [5.74, 6) is -0.321. The maximum atomic E-state index is 12.4. The Bertz CT molecular complexity index is 1050. The number of amides is 1. The van der Waals surface area contributed by atoms with Gasteiger partial charge in [0.05, 0.1) is 27.4 Å². The summed E-state index contributed by atoms with van der Waals surface area (Å²) in [6, 6.07) is 13.2. The Balaban J connectivity index is 1.66. The van der Waals surface area contributed by atoms with Gasteiger partial charge in [0.2, 0.25) is 0 Å². The lowest BCUT2D eigenvalue weighted by atomic mass is 10.3. The SMILES string of the molecule is O=C(Nc1nc2c(Br)cccc2s1)c1cnc2ccccc2n1. The molecule has 0 saturated carbocycles. The van der Waals surface area contributed by atoms with Gasteiger partial charge < -0.3 is 0 Å². The number of hydrogen-bond acceptors (Lipinski definition) is 5. The molecule has 4 rings (SSSR count). The molecule has 0 aliphatic heterocycles. The van der Waals surface area contributed by atoms with Gasteiger partial charge in [0.25, 0.3) is 5.91 Å². The summed E-state index contributed by atoms with van der Waals surface area (Å²) < 4.78 is 1.90. The first-order valence-corrected chi connectivity index (χ1v) is 8.40. The third-order valence-corrected chi connectivity index (χ3v) is 4.85. The second kappa shape index (κ2) is 5.68. The molecule has 0 aliphatic carbocycles. The maximum absolute atomic E-state index is 12.4. The molecule has 0 atom stereocenters. The van der Waals surface area contributed by atoms with Crippen LogP contribution in [0.25, 0.3) is 21.3 Å². The Labute approximate surface area is 143 Å². The van der Waals surface area contributed by atoms with Crippen LogP contribution in [-0.2, 0) is 0 Å². The van der Waals surface area contributed by atoms with E-state index in [0.29, 0.717) is 10.6 Å². The van der Waals surface area contributed by atoms with E-state index in [-0.39, 0.29) is 11.6 Å². The Kier molecular flexibility index (Phi) is 3.51. The van der Waals surface area contributed by atoms with Gasteiger partial charge in [-0.2, -0.15) is 0 Å². The number of thiazole rings is 1. The van der Waals surface area contributed by atoms with Gasteiger partial charge >= 0.3 is 0 Å². The van der Waals surface area contributed by atoms with E-state index in [2.05, 4.69) is 36.2 Å². The minimum atomic E-state index is -0.321. The normalized spacial score (nSPS) is 11.0. The fraction of sp³-hybridized carbons (Fsp3) is 0. The maximum Gasteiger partial charge on any atom is 0.277 e. The molecule has 2 heterocycles. The number of carbonyl (C=O) groups excluding carboxylic acids is 1. The average Bonchev–Trinajstić information content (AvgIpc) is 2.98. The molecule has 0 spiro atoms. The summed E-state index contributed by atoms with van der Waals surface area (Å²) >= 11 is 4.87. The monoisotopic (exact) mass is 384 g/mol. The number of anilines is 1. The Morgan fingerprint density at radius 2 is 1.87 bits per heavy atom. The lowest BCUT2D eigenvalue weighted by Gasteiger charge is -2.02. The quantitative estimate of drug-likeness (QED) is 0.560. The van der Waals surface area contributed by atoms with Gasteiger partial charge in [-0.05, 0) is 40.2 Å². The van der Waals surface area contributed by atoms with Crippen molar-refractivity contribution in [3.8, 4) is 0 Å². The number of hydrogen-bond donors (Lipinski definition) is 1. The van der Waals surface area contributed by atoms with Gasteiger partial charge in [0.15, 0.2) is 5.13 Å². The van der Waals surface area contributed by atoms with Crippen molar-refractivity contribution in [3.63, 3.8) is 0 Å². The molecule has 1 N–H and O–H groups in total. The fourth-order valence-electron chi connectivity index (χ4n) is 2.20. The van der Waals surface area contributed by atoms with Gasteiger partial charge in [0, 0.05) is 4.47 Å². The highest BCUT2D eigenvalue weighted by Crippen LogP contribution is 2.31. The van der Waals surface area contributed by atoms with Crippen LogP contribution in [0.5, 0.6) is 0 Å². The van der Waals surface area contributed by atoms with Crippen LogP contribution in [0.15, 0.2) is 53.1 Å². The minimum Gasteiger partial charge on any atom is -0.296 e. The molecular weight excluding hydrogens is 376 g/mol. The van der Waals surface area contributed by atoms with Gasteiger partial charge in [-0.3, -0.25) is 15.1 Å².